The second kappa shape index (κ2) is 32.9. The van der Waals surface area contributed by atoms with Gasteiger partial charge in [0.05, 0.1) is 19.1 Å². The van der Waals surface area contributed by atoms with E-state index in [9.17, 15) is 83.4 Å². The number of carbonyl (C=O) groups excluding carboxylic acids is 9. The van der Waals surface area contributed by atoms with Crippen LogP contribution in [-0.4, -0.2) is 181 Å². The number of carbonyl (C=O) groups is 11. The molecular weight excluding hydrogens is 1110 g/mol. The normalized spacial score (nSPS) is 15.6. The Kier molecular flexibility index (Phi) is 26.3. The van der Waals surface area contributed by atoms with E-state index in [0.29, 0.717) is 16.7 Å². The number of likely N-dealkylation sites (tertiary alicyclic amines) is 1. The van der Waals surface area contributed by atoms with E-state index in [4.69, 9.17) is 22.9 Å². The first kappa shape index (κ1) is 67.9. The average Bonchev–Trinajstić information content (AvgIpc) is 3.48. The van der Waals surface area contributed by atoms with Gasteiger partial charge in [0.15, 0.2) is 5.96 Å². The number of aliphatic carboxylic acids is 2. The highest BCUT2D eigenvalue weighted by atomic mass is 16.4. The average molecular weight is 1190 g/mol. The van der Waals surface area contributed by atoms with Crippen molar-refractivity contribution in [1.29, 1.82) is 0 Å². The highest BCUT2D eigenvalue weighted by molar-refractivity contribution is 5.99. The van der Waals surface area contributed by atoms with Crippen LogP contribution in [-0.2, 0) is 72.0 Å². The van der Waals surface area contributed by atoms with Crippen LogP contribution in [0.15, 0.2) is 77.8 Å². The molecule has 0 unspecified atom stereocenters. The molecule has 3 aromatic carbocycles. The van der Waals surface area contributed by atoms with Crippen molar-refractivity contribution in [3.05, 3.63) is 89.5 Å². The van der Waals surface area contributed by atoms with E-state index >= 15 is 0 Å². The van der Waals surface area contributed by atoms with E-state index in [2.05, 4.69) is 42.2 Å². The molecule has 462 valence electrons. The zero-order valence-electron chi connectivity index (χ0n) is 46.8. The van der Waals surface area contributed by atoms with Gasteiger partial charge in [-0.05, 0) is 97.5 Å². The van der Waals surface area contributed by atoms with Crippen molar-refractivity contribution in [2.24, 2.45) is 33.8 Å². The molecular formula is C55H75N13O17. The van der Waals surface area contributed by atoms with Crippen molar-refractivity contribution in [2.75, 3.05) is 19.7 Å². The Morgan fingerprint density at radius 1 is 0.576 bits per heavy atom. The van der Waals surface area contributed by atoms with Gasteiger partial charge in [0.1, 0.15) is 65.6 Å². The van der Waals surface area contributed by atoms with Gasteiger partial charge in [-0.2, -0.15) is 0 Å². The Bertz CT molecular complexity index is 2870. The number of hydrogen-bond acceptors (Lipinski definition) is 17. The number of phenols is 3. The fourth-order valence-electron chi connectivity index (χ4n) is 8.94. The summed E-state index contributed by atoms with van der Waals surface area (Å²) in [5, 5.41) is 75.3. The highest BCUT2D eigenvalue weighted by Crippen LogP contribution is 2.22. The predicted octanol–water partition coefficient (Wildman–Crippen LogP) is -3.93. The molecule has 0 bridgehead atoms. The molecule has 1 aliphatic heterocycles. The van der Waals surface area contributed by atoms with E-state index < -0.39 is 151 Å². The monoisotopic (exact) mass is 1190 g/mol. The molecule has 30 nitrogen and oxygen atoms in total. The third-order valence-electron chi connectivity index (χ3n) is 13.5. The summed E-state index contributed by atoms with van der Waals surface area (Å²) in [5.41, 5.74) is 24.1. The summed E-state index contributed by atoms with van der Waals surface area (Å²) in [6.07, 6.45) is -2.28. The maximum Gasteiger partial charge on any atom is 0.328 e. The maximum atomic E-state index is 14.7. The number of carboxylic acid groups (broad SMARTS) is 2. The fourth-order valence-corrected chi connectivity index (χ4v) is 8.94. The van der Waals surface area contributed by atoms with E-state index in [1.165, 1.54) is 79.4 Å². The number of phenolic OH excluding ortho intramolecular Hbond substituents is 3. The van der Waals surface area contributed by atoms with Gasteiger partial charge < -0.3 is 95.7 Å². The topological polar surface area (TPSA) is 513 Å². The number of nitrogens with zero attached hydrogens (tertiary/aromatic N) is 2. The number of aromatic hydroxyl groups is 3. The number of aliphatic imine (C=N–C) groups is 1. The summed E-state index contributed by atoms with van der Waals surface area (Å²) in [4.78, 5) is 153. The van der Waals surface area contributed by atoms with Gasteiger partial charge in [-0.3, -0.25) is 52.9 Å². The van der Waals surface area contributed by atoms with Gasteiger partial charge in [0, 0.05) is 32.4 Å². The lowest BCUT2D eigenvalue weighted by molar-refractivity contribution is -0.143. The third kappa shape index (κ3) is 22.3. The van der Waals surface area contributed by atoms with Crippen LogP contribution in [0.2, 0.25) is 0 Å². The van der Waals surface area contributed by atoms with Crippen LogP contribution in [0.1, 0.15) is 75.5 Å². The number of carboxylic acids is 2. The van der Waals surface area contributed by atoms with Crippen LogP contribution in [0, 0.1) is 5.92 Å². The summed E-state index contributed by atoms with van der Waals surface area (Å²) < 4.78 is 0. The molecule has 0 aliphatic carbocycles. The lowest BCUT2D eigenvalue weighted by atomic mass is 10.0. The summed E-state index contributed by atoms with van der Waals surface area (Å²) in [6, 6.07) is 3.20. The minimum Gasteiger partial charge on any atom is -0.508 e. The minimum absolute atomic E-state index is 0.00534. The predicted molar refractivity (Wildman–Crippen MR) is 302 cm³/mol. The molecule has 0 aromatic heterocycles. The van der Waals surface area contributed by atoms with Crippen LogP contribution >= 0.6 is 0 Å². The number of aliphatic hydroxyl groups excluding tert-OH is 1. The number of primary amides is 1. The Labute approximate surface area is 487 Å². The first-order valence-corrected chi connectivity index (χ1v) is 27.1. The number of hydrogen-bond donors (Lipinski definition) is 17. The largest absolute Gasteiger partial charge is 0.508 e. The molecule has 30 heteroatoms. The summed E-state index contributed by atoms with van der Waals surface area (Å²) >= 11 is 0. The lowest BCUT2D eigenvalue weighted by Crippen LogP contribution is -2.61. The zero-order valence-corrected chi connectivity index (χ0v) is 46.8. The minimum atomic E-state index is -1.98. The molecule has 3 aromatic rings. The van der Waals surface area contributed by atoms with E-state index in [-0.39, 0.29) is 81.2 Å². The number of nitrogens with one attached hydrogen (secondary N) is 7. The van der Waals surface area contributed by atoms with E-state index in [1.807, 2.05) is 0 Å². The molecule has 21 N–H and O–H groups in total. The van der Waals surface area contributed by atoms with Gasteiger partial charge in [-0.15, -0.1) is 0 Å². The van der Waals surface area contributed by atoms with Crippen molar-refractivity contribution >= 4 is 71.1 Å². The molecule has 1 heterocycles. The molecule has 9 atom stereocenters. The van der Waals surface area contributed by atoms with Crippen molar-refractivity contribution < 1.29 is 83.4 Å². The Morgan fingerprint density at radius 2 is 1.02 bits per heavy atom. The van der Waals surface area contributed by atoms with Gasteiger partial charge in [0.2, 0.25) is 53.2 Å². The maximum absolute atomic E-state index is 14.7. The smallest absolute Gasteiger partial charge is 0.328 e. The number of rotatable bonds is 33. The number of nitrogens with two attached hydrogens (primary N) is 4. The van der Waals surface area contributed by atoms with Crippen LogP contribution in [0.25, 0.3) is 0 Å². The second-order valence-electron chi connectivity index (χ2n) is 20.6. The molecule has 85 heavy (non-hydrogen) atoms. The van der Waals surface area contributed by atoms with Crippen molar-refractivity contribution in [3.63, 3.8) is 0 Å². The van der Waals surface area contributed by atoms with E-state index in [0.717, 1.165) is 0 Å². The first-order chi connectivity index (χ1) is 40.1. The quantitative estimate of drug-likeness (QED) is 0.0157. The molecule has 0 saturated carbocycles. The Morgan fingerprint density at radius 3 is 1.49 bits per heavy atom. The summed E-state index contributed by atoms with van der Waals surface area (Å²) in [7, 11) is 0. The fraction of sp³-hybridized carbons (Fsp3) is 0.455. The lowest BCUT2D eigenvalue weighted by Gasteiger charge is -2.31. The van der Waals surface area contributed by atoms with E-state index in [1.54, 1.807) is 12.1 Å². The van der Waals surface area contributed by atoms with Crippen molar-refractivity contribution in [2.45, 2.75) is 132 Å². The standard InChI is InChI=1S/C55H75N13O17/c1-28(2)45(52(82)65-40(26-44(74)75)50(80)61-36(19-20-43(57)73)47(77)64-39(25-31-11-17-34(72)18-12-31)49(79)66-41(27-69)54(84)85)67-51(81)42-6-4-22-68(42)53(83)37(5-3-21-60-55(58)59)62-48(78)38(24-30-9-15-33(71)16-10-30)63-46(76)35(56)23-29-7-13-32(70)14-8-29/h7-18,28,35-42,45,69-72H,3-6,19-27,56H2,1-2H3,(H2,57,73)(H,61,80)(H,62,78)(H,63,76)(H,64,77)(H,65,82)(H,66,79)(H,67,81)(H,74,75)(H,84,85)(H4,58,59,60)/t35-,36-,37-,38-,39-,40-,41-,42-,45-/m0/s1. The summed E-state index contributed by atoms with van der Waals surface area (Å²) in [6.45, 7) is 1.99. The second-order valence-corrected chi connectivity index (χ2v) is 20.6. The zero-order chi connectivity index (χ0) is 63.1. The Balaban J connectivity index is 1.56. The molecule has 9 amide bonds. The first-order valence-electron chi connectivity index (χ1n) is 27.1. The molecule has 1 saturated heterocycles. The van der Waals surface area contributed by atoms with Gasteiger partial charge in [-0.1, -0.05) is 50.2 Å². The van der Waals surface area contributed by atoms with Crippen molar-refractivity contribution in [1.82, 2.24) is 42.1 Å². The molecule has 1 aliphatic rings. The highest BCUT2D eigenvalue weighted by Gasteiger charge is 2.41. The number of guanidine groups is 1. The van der Waals surface area contributed by atoms with Gasteiger partial charge >= 0.3 is 11.9 Å². The van der Waals surface area contributed by atoms with Gasteiger partial charge in [0.25, 0.3) is 0 Å². The van der Waals surface area contributed by atoms with Crippen LogP contribution < -0.4 is 60.2 Å². The molecule has 0 spiro atoms. The molecule has 0 radical (unpaired) electrons. The molecule has 4 rings (SSSR count). The molecule has 1 fully saturated rings. The van der Waals surface area contributed by atoms with Crippen LogP contribution in [0.4, 0.5) is 0 Å². The third-order valence-corrected chi connectivity index (χ3v) is 13.5. The van der Waals surface area contributed by atoms with Crippen molar-refractivity contribution in [3.8, 4) is 17.2 Å². The van der Waals surface area contributed by atoms with Gasteiger partial charge in [-0.25, -0.2) is 4.79 Å². The number of amides is 9. The van der Waals surface area contributed by atoms with Crippen LogP contribution in [0.5, 0.6) is 17.2 Å². The Hall–Kier alpha value is -9.58. The summed E-state index contributed by atoms with van der Waals surface area (Å²) in [5.74, 6) is -13.3. The van der Waals surface area contributed by atoms with Crippen LogP contribution in [0.3, 0.4) is 0 Å². The number of aliphatic hydroxyl groups is 1. The number of benzene rings is 3. The SMILES string of the molecule is CC(C)[C@H](NC(=O)[C@@H]1CCCN1C(=O)[C@H](CCCN=C(N)N)NC(=O)[C@H](Cc1ccc(O)cc1)NC(=O)[C@@H](N)Cc1ccc(O)cc1)C(=O)N[C@@H](CC(=O)O)C(=O)N[C@@H](CCC(N)=O)C(=O)N[C@@H](Cc1ccc(O)cc1)C(=O)N[C@@H](CO)C(=O)O.